The highest BCUT2D eigenvalue weighted by molar-refractivity contribution is 5.77. The van der Waals surface area contributed by atoms with Gasteiger partial charge in [0.25, 0.3) is 5.56 Å². The summed E-state index contributed by atoms with van der Waals surface area (Å²) in [5.41, 5.74) is -0.126. The molecule has 2 aliphatic rings. The molecule has 9 heteroatoms. The minimum Gasteiger partial charge on any atom is -0.349 e. The average Bonchev–Trinajstić information content (AvgIpc) is 3.40. The van der Waals surface area contributed by atoms with E-state index in [0.29, 0.717) is 22.9 Å². The Bertz CT molecular complexity index is 1350. The molecule has 1 aromatic heterocycles. The smallest absolute Gasteiger partial charge is 0.326 e. The zero-order chi connectivity index (χ0) is 25.2. The summed E-state index contributed by atoms with van der Waals surface area (Å²) in [6.07, 6.45) is 7.87. The number of nitrogens with one attached hydrogen (secondary N) is 3. The van der Waals surface area contributed by atoms with Crippen molar-refractivity contribution in [3.05, 3.63) is 80.3 Å². The van der Waals surface area contributed by atoms with Gasteiger partial charge in [-0.15, -0.1) is 0 Å². The summed E-state index contributed by atoms with van der Waals surface area (Å²) in [4.78, 5) is 38.4. The van der Waals surface area contributed by atoms with Crippen molar-refractivity contribution in [1.29, 1.82) is 0 Å². The maximum absolute atomic E-state index is 13.7. The predicted octanol–water partition coefficient (Wildman–Crippen LogP) is 5.35. The lowest BCUT2D eigenvalue weighted by atomic mass is 9.80. The number of carbonyl (C=O) groups is 1. The van der Waals surface area contributed by atoms with Gasteiger partial charge in [0.2, 0.25) is 5.91 Å². The second kappa shape index (κ2) is 10.1. The van der Waals surface area contributed by atoms with Crippen LogP contribution in [-0.2, 0) is 4.79 Å². The van der Waals surface area contributed by atoms with Crippen molar-refractivity contribution in [2.24, 2.45) is 11.3 Å². The third-order valence-corrected chi connectivity index (χ3v) is 7.28. The zero-order valence-corrected chi connectivity index (χ0v) is 19.4. The molecule has 3 N–H and O–H groups in total. The summed E-state index contributed by atoms with van der Waals surface area (Å²) >= 11 is 0. The topological polar surface area (TPSA) is 94.8 Å². The first kappa shape index (κ1) is 24.8. The van der Waals surface area contributed by atoms with Gasteiger partial charge < -0.3 is 10.3 Å². The van der Waals surface area contributed by atoms with Crippen LogP contribution in [0, 0.1) is 28.8 Å². The van der Waals surface area contributed by atoms with Gasteiger partial charge in [0.1, 0.15) is 17.5 Å². The molecule has 1 amide bonds. The van der Waals surface area contributed by atoms with E-state index >= 15 is 0 Å². The first-order chi connectivity index (χ1) is 16.6. The standard InChI is InChI=1S/C18H23F2NO.C8H5FN2O2.2H2/c1-12(15-3-2-14(19)10-16(15)20)21-17(22)6-9-18-7-4-13(11-18)5-8-18;9-4-1-2-6-5(3-4)7(12)11-8(13)10-6;;/h2-3,10,12-13H,4-9,11H2,1H3,(H,21,22);1-3H,(H2,10,11,12,13);2*1H/t12-,13?,18?;;;/m0.../s1. The highest BCUT2D eigenvalue weighted by Crippen LogP contribution is 2.56. The Labute approximate surface area is 202 Å². The molecule has 1 atom stereocenters. The van der Waals surface area contributed by atoms with Crippen molar-refractivity contribution < 1.29 is 20.8 Å². The Morgan fingerprint density at radius 3 is 2.43 bits per heavy atom. The molecule has 6 nitrogen and oxygen atoms in total. The number of hydrogen-bond donors (Lipinski definition) is 3. The van der Waals surface area contributed by atoms with Crippen LogP contribution in [0.2, 0.25) is 0 Å². The zero-order valence-electron chi connectivity index (χ0n) is 19.4. The van der Waals surface area contributed by atoms with Crippen molar-refractivity contribution in [1.82, 2.24) is 15.3 Å². The van der Waals surface area contributed by atoms with E-state index in [0.717, 1.165) is 24.5 Å². The van der Waals surface area contributed by atoms with E-state index in [-0.39, 0.29) is 14.1 Å². The van der Waals surface area contributed by atoms with Gasteiger partial charge in [-0.2, -0.15) is 0 Å². The summed E-state index contributed by atoms with van der Waals surface area (Å²) in [6, 6.07) is 6.63. The molecule has 0 radical (unpaired) electrons. The number of H-pyrrole nitrogens is 2. The van der Waals surface area contributed by atoms with Gasteiger partial charge >= 0.3 is 5.69 Å². The molecule has 190 valence electrons. The number of benzene rings is 2. The van der Waals surface area contributed by atoms with Crippen molar-refractivity contribution in [3.8, 4) is 0 Å². The molecule has 2 aromatic carbocycles. The van der Waals surface area contributed by atoms with E-state index in [1.165, 1.54) is 56.4 Å². The molecule has 2 fully saturated rings. The van der Waals surface area contributed by atoms with Gasteiger partial charge in [0.15, 0.2) is 0 Å². The van der Waals surface area contributed by atoms with Crippen LogP contribution in [0.5, 0.6) is 0 Å². The van der Waals surface area contributed by atoms with Gasteiger partial charge in [-0.3, -0.25) is 14.6 Å². The molecular weight excluding hydrogens is 459 g/mol. The van der Waals surface area contributed by atoms with Gasteiger partial charge in [0, 0.05) is 20.9 Å². The summed E-state index contributed by atoms with van der Waals surface area (Å²) in [5, 5.41) is 2.97. The molecule has 0 saturated heterocycles. The Kier molecular flexibility index (Phi) is 7.14. The second-order valence-corrected chi connectivity index (χ2v) is 9.70. The fraction of sp³-hybridized carbons (Fsp3) is 0.423. The Hall–Kier alpha value is -3.36. The van der Waals surface area contributed by atoms with Crippen molar-refractivity contribution in [2.45, 2.75) is 57.9 Å². The summed E-state index contributed by atoms with van der Waals surface area (Å²) in [6.45, 7) is 1.73. The molecule has 5 rings (SSSR count). The quantitative estimate of drug-likeness (QED) is 0.449. The van der Waals surface area contributed by atoms with Gasteiger partial charge in [-0.1, -0.05) is 6.07 Å². The maximum Gasteiger partial charge on any atom is 0.326 e. The molecule has 0 unspecified atom stereocenters. The number of amides is 1. The molecular formula is C26H32F3N3O3. The van der Waals surface area contributed by atoms with Crippen LogP contribution in [0.1, 0.15) is 66.3 Å². The molecule has 2 aliphatic carbocycles. The van der Waals surface area contributed by atoms with Crippen molar-refractivity contribution >= 4 is 16.8 Å². The third-order valence-electron chi connectivity index (χ3n) is 7.28. The number of halogens is 3. The van der Waals surface area contributed by atoms with Crippen LogP contribution < -0.4 is 16.6 Å². The fourth-order valence-corrected chi connectivity index (χ4v) is 5.42. The van der Waals surface area contributed by atoms with Crippen molar-refractivity contribution in [2.75, 3.05) is 0 Å². The van der Waals surface area contributed by atoms with E-state index in [1.54, 1.807) is 6.92 Å². The summed E-state index contributed by atoms with van der Waals surface area (Å²) < 4.78 is 39.3. The molecule has 2 saturated carbocycles. The molecule has 2 bridgehead atoms. The van der Waals surface area contributed by atoms with E-state index in [2.05, 4.69) is 10.3 Å². The van der Waals surface area contributed by atoms with Gasteiger partial charge in [0.05, 0.1) is 16.9 Å². The number of rotatable bonds is 5. The average molecular weight is 492 g/mol. The minimum absolute atomic E-state index is 0. The van der Waals surface area contributed by atoms with Crippen LogP contribution in [0.3, 0.4) is 0 Å². The van der Waals surface area contributed by atoms with E-state index < -0.39 is 34.7 Å². The highest BCUT2D eigenvalue weighted by atomic mass is 19.1. The van der Waals surface area contributed by atoms with Crippen LogP contribution in [0.25, 0.3) is 10.9 Å². The van der Waals surface area contributed by atoms with E-state index in [9.17, 15) is 27.6 Å². The lowest BCUT2D eigenvalue weighted by molar-refractivity contribution is -0.122. The van der Waals surface area contributed by atoms with Crippen LogP contribution in [0.4, 0.5) is 13.2 Å². The molecule has 0 aliphatic heterocycles. The van der Waals surface area contributed by atoms with Gasteiger partial charge in [-0.25, -0.2) is 18.0 Å². The van der Waals surface area contributed by atoms with Crippen LogP contribution >= 0.6 is 0 Å². The highest BCUT2D eigenvalue weighted by Gasteiger charge is 2.44. The maximum atomic E-state index is 13.7. The van der Waals surface area contributed by atoms with E-state index in [1.807, 2.05) is 4.98 Å². The number of fused-ring (bicyclic) bond motifs is 3. The SMILES string of the molecule is C[C@H](NC(=O)CCC12CCC(CC1)C2)c1ccc(F)cc1F.O=c1[nH]c(=O)c2cc(F)ccc2[nH]1.[HH].[HH]. The molecule has 1 heterocycles. The summed E-state index contributed by atoms with van der Waals surface area (Å²) in [7, 11) is 0. The predicted molar refractivity (Wildman–Crippen MR) is 131 cm³/mol. The third kappa shape index (κ3) is 5.83. The van der Waals surface area contributed by atoms with Crippen LogP contribution in [-0.4, -0.2) is 15.9 Å². The first-order valence-electron chi connectivity index (χ1n) is 11.8. The molecule has 35 heavy (non-hydrogen) atoms. The number of carbonyl (C=O) groups excluding carboxylic acids is 1. The van der Waals surface area contributed by atoms with Crippen molar-refractivity contribution in [3.63, 3.8) is 0 Å². The number of hydrogen-bond acceptors (Lipinski definition) is 3. The number of aromatic nitrogens is 2. The van der Waals surface area contributed by atoms with Crippen LogP contribution in [0.15, 0.2) is 46.0 Å². The lowest BCUT2D eigenvalue weighted by Gasteiger charge is -2.26. The number of aromatic amines is 2. The van der Waals surface area contributed by atoms with E-state index in [4.69, 9.17) is 0 Å². The molecule has 0 spiro atoms. The fourth-order valence-electron chi connectivity index (χ4n) is 5.42. The first-order valence-corrected chi connectivity index (χ1v) is 11.8. The molecule has 3 aromatic rings. The Morgan fingerprint density at radius 2 is 1.77 bits per heavy atom. The Morgan fingerprint density at radius 1 is 1.09 bits per heavy atom. The Balaban J connectivity index is 0.000000277. The van der Waals surface area contributed by atoms with Gasteiger partial charge in [-0.05, 0) is 81.0 Å². The monoisotopic (exact) mass is 491 g/mol. The lowest BCUT2D eigenvalue weighted by Crippen LogP contribution is -2.28. The second-order valence-electron chi connectivity index (χ2n) is 9.70. The summed E-state index contributed by atoms with van der Waals surface area (Å²) in [5.74, 6) is -0.877. The normalized spacial score (nSPS) is 21.4. The minimum atomic E-state index is -0.610. The largest absolute Gasteiger partial charge is 0.349 e.